The lowest BCUT2D eigenvalue weighted by Crippen LogP contribution is -2.25. The smallest absolute Gasteiger partial charge is 0.127 e. The summed E-state index contributed by atoms with van der Waals surface area (Å²) in [5.74, 6) is 0.769. The van der Waals surface area contributed by atoms with Gasteiger partial charge in [0.15, 0.2) is 0 Å². The third-order valence-electron chi connectivity index (χ3n) is 2.54. The van der Waals surface area contributed by atoms with Crippen molar-refractivity contribution >= 4 is 11.0 Å². The highest BCUT2D eigenvalue weighted by Crippen LogP contribution is 2.25. The van der Waals surface area contributed by atoms with Gasteiger partial charge in [-0.25, -0.2) is 8.51 Å². The Morgan fingerprint density at radius 1 is 1.35 bits per heavy atom. The quantitative estimate of drug-likeness (QED) is 0.864. The van der Waals surface area contributed by atoms with Gasteiger partial charge < -0.3 is 9.84 Å². The molecule has 1 N–H and O–H groups in total. The molecule has 0 radical (unpaired) electrons. The fourth-order valence-electron chi connectivity index (χ4n) is 1.68. The molecule has 5 heteroatoms. The van der Waals surface area contributed by atoms with Gasteiger partial charge >= 0.3 is 0 Å². The van der Waals surface area contributed by atoms with E-state index in [0.717, 1.165) is 21.8 Å². The lowest BCUT2D eigenvalue weighted by molar-refractivity contribution is 0.270. The molecule has 0 spiro atoms. The van der Waals surface area contributed by atoms with Crippen molar-refractivity contribution in [3.05, 3.63) is 23.3 Å². The van der Waals surface area contributed by atoms with E-state index in [1.54, 1.807) is 18.5 Å². The van der Waals surface area contributed by atoms with Gasteiger partial charge in [0.05, 0.1) is 18.6 Å². The molecule has 0 heterocycles. The van der Waals surface area contributed by atoms with Gasteiger partial charge in [-0.3, -0.25) is 0 Å². The molecule has 0 aliphatic carbocycles. The van der Waals surface area contributed by atoms with E-state index in [0.29, 0.717) is 6.54 Å². The molecule has 1 atom stereocenters. The second-order valence-electron chi connectivity index (χ2n) is 3.91. The largest absolute Gasteiger partial charge is 0.497 e. The molecular formula is C12H19NO3S. The number of aryl methyl sites for hydroxylation is 2. The molecule has 0 aromatic heterocycles. The van der Waals surface area contributed by atoms with Crippen LogP contribution in [0, 0.1) is 13.8 Å². The molecule has 0 saturated heterocycles. The van der Waals surface area contributed by atoms with Crippen LogP contribution in [0.15, 0.2) is 17.0 Å². The summed E-state index contributed by atoms with van der Waals surface area (Å²) in [5.41, 5.74) is 1.87. The Morgan fingerprint density at radius 3 is 2.29 bits per heavy atom. The first-order valence-corrected chi connectivity index (χ1v) is 6.51. The molecule has 0 aliphatic heterocycles. The zero-order valence-electron chi connectivity index (χ0n) is 10.7. The Balaban J connectivity index is 3.10. The van der Waals surface area contributed by atoms with Crippen LogP contribution in [0.25, 0.3) is 0 Å². The first kappa shape index (κ1) is 14.2. The maximum Gasteiger partial charge on any atom is 0.127 e. The van der Waals surface area contributed by atoms with Crippen molar-refractivity contribution < 1.29 is 14.1 Å². The normalized spacial score (nSPS) is 12.8. The minimum Gasteiger partial charge on any atom is -0.497 e. The summed E-state index contributed by atoms with van der Waals surface area (Å²) in [7, 11) is 2.10. The van der Waals surface area contributed by atoms with E-state index >= 15 is 0 Å². The summed E-state index contributed by atoms with van der Waals surface area (Å²) in [6.07, 6.45) is 0. The highest BCUT2D eigenvalue weighted by Gasteiger charge is 2.16. The molecular weight excluding hydrogens is 238 g/mol. The molecule has 96 valence electrons. The van der Waals surface area contributed by atoms with Crippen molar-refractivity contribution in [2.24, 2.45) is 0 Å². The first-order valence-electron chi connectivity index (χ1n) is 5.40. The zero-order chi connectivity index (χ0) is 13.0. The predicted octanol–water partition coefficient (Wildman–Crippen LogP) is 1.26. The van der Waals surface area contributed by atoms with Crippen molar-refractivity contribution in [3.63, 3.8) is 0 Å². The van der Waals surface area contributed by atoms with Gasteiger partial charge in [0.2, 0.25) is 0 Å². The third kappa shape index (κ3) is 3.28. The van der Waals surface area contributed by atoms with E-state index < -0.39 is 11.0 Å². The molecule has 1 aromatic carbocycles. The van der Waals surface area contributed by atoms with Gasteiger partial charge in [0, 0.05) is 13.6 Å². The number of likely N-dealkylation sites (N-methyl/N-ethyl adjacent to an activating group) is 1. The fourth-order valence-corrected chi connectivity index (χ4v) is 2.91. The minimum atomic E-state index is -1.24. The van der Waals surface area contributed by atoms with E-state index in [4.69, 9.17) is 9.84 Å². The minimum absolute atomic E-state index is 0.00348. The Labute approximate surface area is 105 Å². The maximum absolute atomic E-state index is 12.3. The Hall–Kier alpha value is -0.910. The van der Waals surface area contributed by atoms with Crippen LogP contribution in [0.3, 0.4) is 0 Å². The van der Waals surface area contributed by atoms with Gasteiger partial charge in [-0.1, -0.05) is 0 Å². The maximum atomic E-state index is 12.3. The second-order valence-corrected chi connectivity index (χ2v) is 5.44. The summed E-state index contributed by atoms with van der Waals surface area (Å²) < 4.78 is 19.1. The van der Waals surface area contributed by atoms with E-state index in [1.807, 2.05) is 26.0 Å². The molecule has 4 nitrogen and oxygen atoms in total. The standard InChI is InChI=1S/C12H19NO3S/c1-9-7-11(16-4)8-10(2)12(9)17(15)13(3)5-6-14/h7-8,14H,5-6H2,1-4H3. The summed E-state index contributed by atoms with van der Waals surface area (Å²) in [6, 6.07) is 3.74. The number of aliphatic hydroxyl groups is 1. The highest BCUT2D eigenvalue weighted by atomic mass is 32.2. The SMILES string of the molecule is COc1cc(C)c(S(=O)N(C)CCO)c(C)c1. The van der Waals surface area contributed by atoms with Gasteiger partial charge in [0.1, 0.15) is 16.7 Å². The fraction of sp³-hybridized carbons (Fsp3) is 0.500. The van der Waals surface area contributed by atoms with Crippen molar-refractivity contribution in [1.82, 2.24) is 4.31 Å². The number of hydrogen-bond acceptors (Lipinski definition) is 3. The van der Waals surface area contributed by atoms with Crippen LogP contribution in [0.5, 0.6) is 5.75 Å². The van der Waals surface area contributed by atoms with Gasteiger partial charge in [-0.2, -0.15) is 0 Å². The van der Waals surface area contributed by atoms with Crippen LogP contribution in [-0.2, 0) is 11.0 Å². The number of aliphatic hydroxyl groups excluding tert-OH is 1. The van der Waals surface area contributed by atoms with E-state index in [-0.39, 0.29) is 6.61 Å². The first-order chi connectivity index (χ1) is 8.01. The van der Waals surface area contributed by atoms with Crippen LogP contribution < -0.4 is 4.74 Å². The van der Waals surface area contributed by atoms with E-state index in [9.17, 15) is 4.21 Å². The van der Waals surface area contributed by atoms with Gasteiger partial charge in [-0.15, -0.1) is 0 Å². The summed E-state index contributed by atoms with van der Waals surface area (Å²) in [4.78, 5) is 0.793. The Bertz CT molecular complexity index is 397. The monoisotopic (exact) mass is 257 g/mol. The second kappa shape index (κ2) is 6.14. The molecule has 0 saturated carbocycles. The summed E-state index contributed by atoms with van der Waals surface area (Å²) in [6.45, 7) is 4.21. The number of nitrogens with zero attached hydrogens (tertiary/aromatic N) is 1. The van der Waals surface area contributed by atoms with Crippen LogP contribution in [0.4, 0.5) is 0 Å². The third-order valence-corrected chi connectivity index (χ3v) is 4.28. The number of ether oxygens (including phenoxy) is 1. The molecule has 17 heavy (non-hydrogen) atoms. The zero-order valence-corrected chi connectivity index (χ0v) is 11.5. The Kier molecular flexibility index (Phi) is 5.11. The van der Waals surface area contributed by atoms with Crippen molar-refractivity contribution in [1.29, 1.82) is 0 Å². The Morgan fingerprint density at radius 2 is 1.88 bits per heavy atom. The predicted molar refractivity (Wildman–Crippen MR) is 68.6 cm³/mol. The molecule has 0 aliphatic rings. The van der Waals surface area contributed by atoms with Crippen molar-refractivity contribution in [2.45, 2.75) is 18.7 Å². The lowest BCUT2D eigenvalue weighted by atomic mass is 10.1. The molecule has 0 fully saturated rings. The van der Waals surface area contributed by atoms with Crippen LogP contribution in [0.1, 0.15) is 11.1 Å². The van der Waals surface area contributed by atoms with Crippen molar-refractivity contribution in [3.8, 4) is 5.75 Å². The summed E-state index contributed by atoms with van der Waals surface area (Å²) >= 11 is 0. The van der Waals surface area contributed by atoms with Crippen LogP contribution in [0.2, 0.25) is 0 Å². The van der Waals surface area contributed by atoms with Gasteiger partial charge in [-0.05, 0) is 37.1 Å². The van der Waals surface area contributed by atoms with Crippen LogP contribution in [-0.4, -0.2) is 40.9 Å². The van der Waals surface area contributed by atoms with Crippen LogP contribution >= 0.6 is 0 Å². The molecule has 1 aromatic rings. The van der Waals surface area contributed by atoms with E-state index in [2.05, 4.69) is 0 Å². The topological polar surface area (TPSA) is 49.8 Å². The van der Waals surface area contributed by atoms with E-state index in [1.165, 1.54) is 0 Å². The lowest BCUT2D eigenvalue weighted by Gasteiger charge is -2.18. The summed E-state index contributed by atoms with van der Waals surface area (Å²) in [5, 5.41) is 8.86. The molecule has 0 amide bonds. The molecule has 1 rings (SSSR count). The number of hydrogen-bond donors (Lipinski definition) is 1. The number of methoxy groups -OCH3 is 1. The number of rotatable bonds is 5. The number of benzene rings is 1. The van der Waals surface area contributed by atoms with Crippen molar-refractivity contribution in [2.75, 3.05) is 27.3 Å². The highest BCUT2D eigenvalue weighted by molar-refractivity contribution is 7.82. The average molecular weight is 257 g/mol. The molecule has 1 unspecified atom stereocenters. The average Bonchev–Trinajstić information content (AvgIpc) is 2.28. The van der Waals surface area contributed by atoms with Gasteiger partial charge in [0.25, 0.3) is 0 Å². The molecule has 0 bridgehead atoms.